The number of carbonyl (C=O) groups excluding carboxylic acids is 3. The molecule has 3 heterocycles. The van der Waals surface area contributed by atoms with Gasteiger partial charge in [-0.1, -0.05) is 29.8 Å². The molecule has 0 bridgehead atoms. The Morgan fingerprint density at radius 1 is 1.03 bits per heavy atom. The van der Waals surface area contributed by atoms with Crippen molar-refractivity contribution in [2.75, 3.05) is 37.7 Å². The Balaban J connectivity index is 1.21. The van der Waals surface area contributed by atoms with Crippen LogP contribution in [0.3, 0.4) is 0 Å². The largest absolute Gasteiger partial charge is 0.485 e. The Morgan fingerprint density at radius 2 is 1.76 bits per heavy atom. The van der Waals surface area contributed by atoms with E-state index in [0.717, 1.165) is 5.56 Å². The molecule has 3 aliphatic heterocycles. The van der Waals surface area contributed by atoms with Gasteiger partial charge in [0.2, 0.25) is 12.0 Å². The zero-order valence-corrected chi connectivity index (χ0v) is 19.0. The first-order valence-electron chi connectivity index (χ1n) is 11.0. The summed E-state index contributed by atoms with van der Waals surface area (Å²) < 4.78 is 11.5. The van der Waals surface area contributed by atoms with E-state index in [1.807, 2.05) is 30.0 Å². The van der Waals surface area contributed by atoms with E-state index < -0.39 is 12.1 Å². The van der Waals surface area contributed by atoms with Crippen LogP contribution in [0.4, 0.5) is 5.69 Å². The number of anilines is 1. The molecule has 0 N–H and O–H groups in total. The average Bonchev–Trinajstić information content (AvgIpc) is 3.14. The standard InChI is InChI=1S/C24H24ClN3O5/c1-15-6-7-16(12-17(15)25)28-22(29)13-18(23(28)30)26-8-10-27(11-9-26)24(31)21-14-32-19-4-2-3-5-20(19)33-21/h2-7,12,18,21H,8-11,13-14H2,1H3/t18-,21+/m1/s1. The minimum Gasteiger partial charge on any atom is -0.485 e. The summed E-state index contributed by atoms with van der Waals surface area (Å²) in [6.45, 7) is 3.94. The maximum Gasteiger partial charge on any atom is 0.267 e. The number of benzene rings is 2. The topological polar surface area (TPSA) is 79.4 Å². The first-order valence-corrected chi connectivity index (χ1v) is 11.3. The molecule has 9 heteroatoms. The monoisotopic (exact) mass is 469 g/mol. The highest BCUT2D eigenvalue weighted by atomic mass is 35.5. The molecule has 3 aliphatic rings. The fraction of sp³-hybridized carbons (Fsp3) is 0.375. The summed E-state index contributed by atoms with van der Waals surface area (Å²) in [4.78, 5) is 43.6. The predicted octanol–water partition coefficient (Wildman–Crippen LogP) is 2.26. The molecule has 2 atom stereocenters. The van der Waals surface area contributed by atoms with Crippen LogP contribution >= 0.6 is 11.6 Å². The van der Waals surface area contributed by atoms with Gasteiger partial charge in [0, 0.05) is 31.2 Å². The van der Waals surface area contributed by atoms with Crippen LogP contribution in [-0.4, -0.2) is 72.5 Å². The highest BCUT2D eigenvalue weighted by molar-refractivity contribution is 6.32. The van der Waals surface area contributed by atoms with Crippen molar-refractivity contribution in [1.82, 2.24) is 9.80 Å². The molecule has 33 heavy (non-hydrogen) atoms. The molecule has 3 amide bonds. The second-order valence-electron chi connectivity index (χ2n) is 8.45. The average molecular weight is 470 g/mol. The molecule has 0 aromatic heterocycles. The predicted molar refractivity (Wildman–Crippen MR) is 122 cm³/mol. The van der Waals surface area contributed by atoms with Crippen LogP contribution in [-0.2, 0) is 14.4 Å². The van der Waals surface area contributed by atoms with E-state index >= 15 is 0 Å². The Bertz CT molecular complexity index is 1120. The number of piperazine rings is 1. The van der Waals surface area contributed by atoms with E-state index in [1.165, 1.54) is 4.90 Å². The van der Waals surface area contributed by atoms with Crippen LogP contribution in [0.15, 0.2) is 42.5 Å². The third-order valence-corrected chi connectivity index (χ3v) is 6.79. The molecular formula is C24H24ClN3O5. The van der Waals surface area contributed by atoms with Crippen molar-refractivity contribution in [2.45, 2.75) is 25.5 Å². The second kappa shape index (κ2) is 8.68. The number of halogens is 1. The van der Waals surface area contributed by atoms with E-state index in [-0.39, 0.29) is 30.7 Å². The number of aryl methyl sites for hydroxylation is 1. The fourth-order valence-corrected chi connectivity index (χ4v) is 4.67. The SMILES string of the molecule is Cc1ccc(N2C(=O)C[C@@H](N3CCN(C(=O)[C@@H]4COc5ccccc5O4)CC3)C2=O)cc1Cl. The van der Waals surface area contributed by atoms with Gasteiger partial charge in [0.15, 0.2) is 11.5 Å². The highest BCUT2D eigenvalue weighted by Crippen LogP contribution is 2.32. The summed E-state index contributed by atoms with van der Waals surface area (Å²) in [5.41, 5.74) is 1.37. The first-order chi connectivity index (χ1) is 15.9. The molecule has 2 aromatic carbocycles. The minimum absolute atomic E-state index is 0.120. The number of nitrogens with zero attached hydrogens (tertiary/aromatic N) is 3. The van der Waals surface area contributed by atoms with E-state index in [4.69, 9.17) is 21.1 Å². The molecule has 2 fully saturated rings. The highest BCUT2D eigenvalue weighted by Gasteiger charge is 2.44. The molecule has 2 saturated heterocycles. The van der Waals surface area contributed by atoms with Crippen molar-refractivity contribution < 1.29 is 23.9 Å². The van der Waals surface area contributed by atoms with Crippen LogP contribution in [0.5, 0.6) is 11.5 Å². The van der Waals surface area contributed by atoms with Crippen molar-refractivity contribution >= 4 is 35.0 Å². The van der Waals surface area contributed by atoms with Gasteiger partial charge in [-0.2, -0.15) is 0 Å². The molecule has 5 rings (SSSR count). The molecule has 0 radical (unpaired) electrons. The Kier molecular flexibility index (Phi) is 5.72. The van der Waals surface area contributed by atoms with Gasteiger partial charge in [0.25, 0.3) is 11.8 Å². The van der Waals surface area contributed by atoms with Gasteiger partial charge in [0.1, 0.15) is 6.61 Å². The van der Waals surface area contributed by atoms with E-state index in [9.17, 15) is 14.4 Å². The second-order valence-corrected chi connectivity index (χ2v) is 8.85. The van der Waals surface area contributed by atoms with Crippen molar-refractivity contribution in [2.24, 2.45) is 0 Å². The van der Waals surface area contributed by atoms with Gasteiger partial charge in [0.05, 0.1) is 18.2 Å². The summed E-state index contributed by atoms with van der Waals surface area (Å²) in [5, 5.41) is 0.514. The molecule has 0 unspecified atom stereocenters. The van der Waals surface area contributed by atoms with Crippen LogP contribution in [0.2, 0.25) is 5.02 Å². The lowest BCUT2D eigenvalue weighted by Crippen LogP contribution is -2.57. The lowest BCUT2D eigenvalue weighted by molar-refractivity contribution is -0.143. The van der Waals surface area contributed by atoms with Crippen molar-refractivity contribution in [1.29, 1.82) is 0 Å². The fourth-order valence-electron chi connectivity index (χ4n) is 4.49. The Labute approximate surface area is 196 Å². The summed E-state index contributed by atoms with van der Waals surface area (Å²) in [5.74, 6) is 0.575. The molecule has 0 saturated carbocycles. The van der Waals surface area contributed by atoms with Crippen molar-refractivity contribution in [3.8, 4) is 11.5 Å². The van der Waals surface area contributed by atoms with Gasteiger partial charge < -0.3 is 14.4 Å². The molecular weight excluding hydrogens is 446 g/mol. The number of hydrogen-bond acceptors (Lipinski definition) is 6. The molecule has 0 aliphatic carbocycles. The van der Waals surface area contributed by atoms with Crippen LogP contribution in [0.1, 0.15) is 12.0 Å². The van der Waals surface area contributed by atoms with Crippen LogP contribution < -0.4 is 14.4 Å². The van der Waals surface area contributed by atoms with Gasteiger partial charge in [-0.3, -0.25) is 19.3 Å². The molecule has 2 aromatic rings. The summed E-state index contributed by atoms with van der Waals surface area (Å²) in [7, 11) is 0. The van der Waals surface area contributed by atoms with Crippen LogP contribution in [0.25, 0.3) is 0 Å². The molecule has 172 valence electrons. The number of amides is 3. The quantitative estimate of drug-likeness (QED) is 0.642. The van der Waals surface area contributed by atoms with Crippen molar-refractivity contribution in [3.63, 3.8) is 0 Å². The summed E-state index contributed by atoms with van der Waals surface area (Å²) in [6, 6.07) is 11.9. The third kappa shape index (κ3) is 4.05. The lowest BCUT2D eigenvalue weighted by Gasteiger charge is -2.38. The number of para-hydroxylation sites is 2. The van der Waals surface area contributed by atoms with E-state index in [2.05, 4.69) is 0 Å². The number of fused-ring (bicyclic) bond motifs is 1. The number of rotatable bonds is 3. The minimum atomic E-state index is -0.692. The van der Waals surface area contributed by atoms with Gasteiger partial charge in [-0.05, 0) is 36.8 Å². The van der Waals surface area contributed by atoms with E-state index in [0.29, 0.717) is 48.4 Å². The first kappa shape index (κ1) is 21.7. The van der Waals surface area contributed by atoms with Crippen molar-refractivity contribution in [3.05, 3.63) is 53.1 Å². The van der Waals surface area contributed by atoms with Crippen LogP contribution in [0, 0.1) is 6.92 Å². The maximum atomic E-state index is 13.1. The summed E-state index contributed by atoms with van der Waals surface area (Å²) in [6.07, 6.45) is -0.572. The lowest BCUT2D eigenvalue weighted by atomic mass is 10.1. The number of ether oxygens (including phenoxy) is 2. The maximum absolute atomic E-state index is 13.1. The zero-order chi connectivity index (χ0) is 23.1. The van der Waals surface area contributed by atoms with E-state index in [1.54, 1.807) is 29.2 Å². The number of imide groups is 1. The third-order valence-electron chi connectivity index (χ3n) is 6.39. The Morgan fingerprint density at radius 3 is 2.48 bits per heavy atom. The smallest absolute Gasteiger partial charge is 0.267 e. The molecule has 8 nitrogen and oxygen atoms in total. The number of hydrogen-bond donors (Lipinski definition) is 0. The normalized spacial score (nSPS) is 23.2. The Hall–Kier alpha value is -3.10. The number of carbonyl (C=O) groups is 3. The molecule has 0 spiro atoms. The van der Waals surface area contributed by atoms with Gasteiger partial charge in [-0.15, -0.1) is 0 Å². The van der Waals surface area contributed by atoms with Gasteiger partial charge >= 0.3 is 0 Å². The zero-order valence-electron chi connectivity index (χ0n) is 18.2. The summed E-state index contributed by atoms with van der Waals surface area (Å²) >= 11 is 6.19. The van der Waals surface area contributed by atoms with Gasteiger partial charge in [-0.25, -0.2) is 4.90 Å².